The number of nitrogens with one attached hydrogen (secondary N) is 2. The predicted octanol–water partition coefficient (Wildman–Crippen LogP) is 4.24. The SMILES string of the molecule is CN(c1ccc(C#N)c(C#N)c1)C1CCC(NC(=O)c2ccc(N3CCC(CN4Cc5cc6c(cc5C4)C(=O)N([C@H]4CCC(=O)NC4=O)C6=O)CC3)cc2)CC1. The molecule has 0 aromatic heterocycles. The maximum Gasteiger partial charge on any atom is 0.262 e. The molecule has 0 radical (unpaired) electrons. The van der Waals surface area contributed by atoms with Crippen molar-refractivity contribution in [2.24, 2.45) is 5.92 Å². The summed E-state index contributed by atoms with van der Waals surface area (Å²) in [5, 5.41) is 24.1. The van der Waals surface area contributed by atoms with Gasteiger partial charge in [0.2, 0.25) is 11.8 Å². The van der Waals surface area contributed by atoms with Gasteiger partial charge in [0, 0.05) is 75.2 Å². The largest absolute Gasteiger partial charge is 0.372 e. The standard InChI is InChI=1S/C43H44N8O5/c1-48(35-9-4-28(21-44)29(18-35)22-45)33-10-5-32(6-11-33)46-40(53)27-2-7-34(8-3-27)50-16-14-26(15-17-50)23-49-24-30-19-36-37(20-31(30)25-49)43(56)51(42(36)55)38-12-13-39(52)47-41(38)54/h2-4,7-9,18-20,26,32-33,38H,5-6,10-17,23-25H2,1H3,(H,46,53)(H,47,52,54)/t32?,33?,38-/m0/s1. The lowest BCUT2D eigenvalue weighted by Gasteiger charge is -2.36. The van der Waals surface area contributed by atoms with E-state index in [9.17, 15) is 34.5 Å². The van der Waals surface area contributed by atoms with E-state index < -0.39 is 23.8 Å². The Morgan fingerprint density at radius 2 is 1.46 bits per heavy atom. The number of piperidine rings is 2. The first-order valence-electron chi connectivity index (χ1n) is 19.5. The number of carbonyl (C=O) groups excluding carboxylic acids is 5. The second kappa shape index (κ2) is 15.2. The van der Waals surface area contributed by atoms with Crippen LogP contribution in [0.3, 0.4) is 0 Å². The second-order valence-electron chi connectivity index (χ2n) is 15.8. The number of hydrogen-bond acceptors (Lipinski definition) is 10. The summed E-state index contributed by atoms with van der Waals surface area (Å²) in [5.41, 5.74) is 6.18. The molecule has 3 fully saturated rings. The number of fused-ring (bicyclic) bond motifs is 2. The van der Waals surface area contributed by atoms with Crippen molar-refractivity contribution in [3.63, 3.8) is 0 Å². The first kappa shape index (κ1) is 36.9. The molecule has 286 valence electrons. The van der Waals surface area contributed by atoms with E-state index in [4.69, 9.17) is 0 Å². The number of rotatable bonds is 8. The Balaban J connectivity index is 0.784. The normalized spacial score (nSPS) is 22.6. The summed E-state index contributed by atoms with van der Waals surface area (Å²) in [5.74, 6) is -1.48. The summed E-state index contributed by atoms with van der Waals surface area (Å²) in [6.07, 6.45) is 5.87. The van der Waals surface area contributed by atoms with Gasteiger partial charge in [-0.3, -0.25) is 39.1 Å². The quantitative estimate of drug-likeness (QED) is 0.318. The van der Waals surface area contributed by atoms with E-state index in [-0.39, 0.29) is 30.7 Å². The fourth-order valence-electron chi connectivity index (χ4n) is 9.16. The summed E-state index contributed by atoms with van der Waals surface area (Å²) < 4.78 is 0. The van der Waals surface area contributed by atoms with Crippen molar-refractivity contribution >= 4 is 40.9 Å². The fraction of sp³-hybridized carbons (Fsp3) is 0.419. The molecule has 0 bridgehead atoms. The zero-order valence-corrected chi connectivity index (χ0v) is 31.4. The molecule has 0 unspecified atom stereocenters. The molecular formula is C43H44N8O5. The molecular weight excluding hydrogens is 709 g/mol. The smallest absolute Gasteiger partial charge is 0.262 e. The van der Waals surface area contributed by atoms with E-state index in [1.54, 1.807) is 12.1 Å². The van der Waals surface area contributed by atoms with Gasteiger partial charge in [0.15, 0.2) is 0 Å². The van der Waals surface area contributed by atoms with Crippen molar-refractivity contribution in [1.29, 1.82) is 10.5 Å². The highest BCUT2D eigenvalue weighted by Gasteiger charge is 2.45. The number of benzene rings is 3. The topological polar surface area (TPSA) is 170 Å². The molecule has 13 nitrogen and oxygen atoms in total. The van der Waals surface area contributed by atoms with Crippen molar-refractivity contribution < 1.29 is 24.0 Å². The minimum Gasteiger partial charge on any atom is -0.372 e. The van der Waals surface area contributed by atoms with Crippen LogP contribution < -0.4 is 20.4 Å². The van der Waals surface area contributed by atoms with Crippen LogP contribution in [0.4, 0.5) is 11.4 Å². The Bertz CT molecular complexity index is 2150. The van der Waals surface area contributed by atoms with Crippen LogP contribution in [0.15, 0.2) is 54.6 Å². The van der Waals surface area contributed by atoms with Gasteiger partial charge in [0.25, 0.3) is 17.7 Å². The van der Waals surface area contributed by atoms with Gasteiger partial charge in [-0.15, -0.1) is 0 Å². The number of imide groups is 2. The molecule has 1 aliphatic carbocycles. The van der Waals surface area contributed by atoms with Crippen LogP contribution in [0, 0.1) is 28.6 Å². The fourth-order valence-corrected chi connectivity index (χ4v) is 9.16. The van der Waals surface area contributed by atoms with Gasteiger partial charge < -0.3 is 15.1 Å². The molecule has 3 aromatic rings. The van der Waals surface area contributed by atoms with E-state index in [1.807, 2.05) is 49.5 Å². The van der Waals surface area contributed by atoms with Crippen molar-refractivity contribution in [3.05, 3.63) is 93.5 Å². The molecule has 13 heteroatoms. The molecule has 5 amide bonds. The van der Waals surface area contributed by atoms with Crippen LogP contribution in [0.5, 0.6) is 0 Å². The van der Waals surface area contributed by atoms with Crippen LogP contribution in [-0.2, 0) is 22.7 Å². The molecule has 3 aromatic carbocycles. The number of carbonyl (C=O) groups is 5. The maximum absolute atomic E-state index is 13.3. The Kier molecular flexibility index (Phi) is 10.0. The molecule has 5 aliphatic rings. The third-order valence-electron chi connectivity index (χ3n) is 12.4. The van der Waals surface area contributed by atoms with Gasteiger partial charge >= 0.3 is 0 Å². The minimum atomic E-state index is -0.963. The highest BCUT2D eigenvalue weighted by molar-refractivity contribution is 6.23. The average molecular weight is 753 g/mol. The first-order valence-corrected chi connectivity index (χ1v) is 19.5. The summed E-state index contributed by atoms with van der Waals surface area (Å²) in [6, 6.07) is 20.5. The first-order chi connectivity index (χ1) is 27.1. The van der Waals surface area contributed by atoms with E-state index in [1.165, 1.54) is 0 Å². The average Bonchev–Trinajstić information content (AvgIpc) is 3.72. The van der Waals surface area contributed by atoms with Crippen molar-refractivity contribution in [3.8, 4) is 12.1 Å². The highest BCUT2D eigenvalue weighted by atomic mass is 16.2. The lowest BCUT2D eigenvalue weighted by atomic mass is 9.89. The van der Waals surface area contributed by atoms with E-state index >= 15 is 0 Å². The monoisotopic (exact) mass is 752 g/mol. The number of hydrogen-bond donors (Lipinski definition) is 2. The van der Waals surface area contributed by atoms with Crippen molar-refractivity contribution in [2.45, 2.75) is 82.6 Å². The molecule has 4 aliphatic heterocycles. The highest BCUT2D eigenvalue weighted by Crippen LogP contribution is 2.35. The molecule has 2 N–H and O–H groups in total. The Morgan fingerprint density at radius 1 is 0.821 bits per heavy atom. The maximum atomic E-state index is 13.3. The predicted molar refractivity (Wildman–Crippen MR) is 206 cm³/mol. The molecule has 2 saturated heterocycles. The number of amides is 5. The molecule has 1 saturated carbocycles. The number of anilines is 2. The van der Waals surface area contributed by atoms with Crippen LogP contribution in [0.25, 0.3) is 0 Å². The van der Waals surface area contributed by atoms with Crippen LogP contribution in [0.2, 0.25) is 0 Å². The van der Waals surface area contributed by atoms with Crippen LogP contribution >= 0.6 is 0 Å². The summed E-state index contributed by atoms with van der Waals surface area (Å²) in [7, 11) is 2.02. The van der Waals surface area contributed by atoms with Crippen molar-refractivity contribution in [2.75, 3.05) is 36.5 Å². The Hall–Kier alpha value is -6.05. The molecule has 4 heterocycles. The van der Waals surface area contributed by atoms with Gasteiger partial charge in [-0.1, -0.05) is 0 Å². The van der Waals surface area contributed by atoms with Gasteiger partial charge in [-0.25, -0.2) is 0 Å². The summed E-state index contributed by atoms with van der Waals surface area (Å²) >= 11 is 0. The Morgan fingerprint density at radius 3 is 2.07 bits per heavy atom. The molecule has 1 atom stereocenters. The number of nitrogens with zero attached hydrogens (tertiary/aromatic N) is 6. The third-order valence-corrected chi connectivity index (χ3v) is 12.4. The van der Waals surface area contributed by atoms with Crippen LogP contribution in [0.1, 0.15) is 105 Å². The zero-order valence-electron chi connectivity index (χ0n) is 31.4. The van der Waals surface area contributed by atoms with E-state index in [0.29, 0.717) is 52.9 Å². The van der Waals surface area contributed by atoms with Gasteiger partial charge in [0.05, 0.1) is 22.3 Å². The summed E-state index contributed by atoms with van der Waals surface area (Å²) in [4.78, 5) is 71.8. The number of nitriles is 2. The minimum absolute atomic E-state index is 0.0602. The second-order valence-corrected chi connectivity index (χ2v) is 15.8. The van der Waals surface area contributed by atoms with Gasteiger partial charge in [0.1, 0.15) is 18.2 Å². The Labute approximate surface area is 325 Å². The zero-order chi connectivity index (χ0) is 39.1. The third kappa shape index (κ3) is 7.11. The van der Waals surface area contributed by atoms with Crippen LogP contribution in [-0.4, -0.2) is 84.1 Å². The van der Waals surface area contributed by atoms with E-state index in [2.05, 4.69) is 37.5 Å². The lowest BCUT2D eigenvalue weighted by Crippen LogP contribution is -2.54. The van der Waals surface area contributed by atoms with Gasteiger partial charge in [-0.05, 0) is 117 Å². The lowest BCUT2D eigenvalue weighted by molar-refractivity contribution is -0.136. The molecule has 8 rings (SSSR count). The van der Waals surface area contributed by atoms with E-state index in [0.717, 1.165) is 85.6 Å². The molecule has 56 heavy (non-hydrogen) atoms. The van der Waals surface area contributed by atoms with Crippen molar-refractivity contribution in [1.82, 2.24) is 20.4 Å². The summed E-state index contributed by atoms with van der Waals surface area (Å²) in [6.45, 7) is 4.16. The molecule has 0 spiro atoms. The van der Waals surface area contributed by atoms with Gasteiger partial charge in [-0.2, -0.15) is 10.5 Å².